The lowest BCUT2D eigenvalue weighted by Gasteiger charge is -2.32. The van der Waals surface area contributed by atoms with E-state index in [1.54, 1.807) is 0 Å². The molecule has 0 radical (unpaired) electrons. The highest BCUT2D eigenvalue weighted by atomic mass is 35.5. The number of nitrogens with zero attached hydrogens (tertiary/aromatic N) is 1. The lowest BCUT2D eigenvalue weighted by Crippen LogP contribution is -2.51. The van der Waals surface area contributed by atoms with Crippen LogP contribution in [0.25, 0.3) is 0 Å². The highest BCUT2D eigenvalue weighted by Gasteiger charge is 2.36. The van der Waals surface area contributed by atoms with E-state index in [0.717, 1.165) is 12.1 Å². The summed E-state index contributed by atoms with van der Waals surface area (Å²) >= 11 is 0. The van der Waals surface area contributed by atoms with Gasteiger partial charge in [-0.15, -0.1) is 12.4 Å². The van der Waals surface area contributed by atoms with E-state index in [1.165, 1.54) is 4.90 Å². The fraction of sp³-hybridized carbons (Fsp3) is 0.462. The van der Waals surface area contributed by atoms with Crippen molar-refractivity contribution in [3.63, 3.8) is 0 Å². The monoisotopic (exact) mass is 326 g/mol. The molecule has 1 atom stereocenters. The fourth-order valence-electron chi connectivity index (χ4n) is 2.20. The van der Waals surface area contributed by atoms with Crippen molar-refractivity contribution in [3.05, 3.63) is 35.1 Å². The number of carbonyl (C=O) groups is 1. The van der Waals surface area contributed by atoms with Gasteiger partial charge >= 0.3 is 6.18 Å². The second-order valence-corrected chi connectivity index (χ2v) is 4.77. The molecule has 0 bridgehead atoms. The molecule has 2 rings (SSSR count). The highest BCUT2D eigenvalue weighted by Crippen LogP contribution is 2.32. The minimum absolute atomic E-state index is 0. The minimum Gasteiger partial charge on any atom is -0.336 e. The highest BCUT2D eigenvalue weighted by molar-refractivity contribution is 5.94. The number of halogens is 5. The molecule has 0 unspecified atom stereocenters. The Morgan fingerprint density at radius 3 is 2.62 bits per heavy atom. The first-order valence-electron chi connectivity index (χ1n) is 6.19. The number of amides is 1. The van der Waals surface area contributed by atoms with Crippen LogP contribution in [0.4, 0.5) is 17.6 Å². The predicted molar refractivity (Wildman–Crippen MR) is 72.0 cm³/mol. The normalized spacial score (nSPS) is 19.1. The number of alkyl halides is 3. The topological polar surface area (TPSA) is 32.3 Å². The Bertz CT molecular complexity index is 521. The number of rotatable bonds is 1. The second kappa shape index (κ2) is 6.62. The van der Waals surface area contributed by atoms with Gasteiger partial charge < -0.3 is 10.2 Å². The SMILES string of the molecule is C[C@@H]1CN(C(=O)c2cccc(C(F)(F)F)c2F)CCN1.Cl. The van der Waals surface area contributed by atoms with Gasteiger partial charge in [-0.05, 0) is 19.1 Å². The molecule has 0 spiro atoms. The van der Waals surface area contributed by atoms with E-state index in [-0.39, 0.29) is 18.4 Å². The Morgan fingerprint density at radius 1 is 1.38 bits per heavy atom. The Hall–Kier alpha value is -1.34. The van der Waals surface area contributed by atoms with Gasteiger partial charge in [0.25, 0.3) is 5.91 Å². The zero-order valence-corrected chi connectivity index (χ0v) is 12.0. The smallest absolute Gasteiger partial charge is 0.336 e. The van der Waals surface area contributed by atoms with Crippen LogP contribution in [0.15, 0.2) is 18.2 Å². The van der Waals surface area contributed by atoms with Gasteiger partial charge in [0.05, 0.1) is 11.1 Å². The summed E-state index contributed by atoms with van der Waals surface area (Å²) in [6, 6.07) is 2.79. The van der Waals surface area contributed by atoms with Crippen LogP contribution in [-0.4, -0.2) is 36.5 Å². The lowest BCUT2D eigenvalue weighted by atomic mass is 10.1. The third-order valence-electron chi connectivity index (χ3n) is 3.19. The van der Waals surface area contributed by atoms with Crippen molar-refractivity contribution in [1.29, 1.82) is 0 Å². The molecule has 0 saturated carbocycles. The second-order valence-electron chi connectivity index (χ2n) is 4.77. The molecule has 1 fully saturated rings. The van der Waals surface area contributed by atoms with E-state index in [4.69, 9.17) is 0 Å². The van der Waals surface area contributed by atoms with Gasteiger partial charge in [-0.25, -0.2) is 4.39 Å². The molecule has 118 valence electrons. The molecular weight excluding hydrogens is 312 g/mol. The van der Waals surface area contributed by atoms with E-state index in [2.05, 4.69) is 5.32 Å². The molecule has 1 N–H and O–H groups in total. The summed E-state index contributed by atoms with van der Waals surface area (Å²) in [5, 5.41) is 3.10. The Morgan fingerprint density at radius 2 is 2.05 bits per heavy atom. The Labute approximate surface area is 125 Å². The third-order valence-corrected chi connectivity index (χ3v) is 3.19. The number of piperazine rings is 1. The molecule has 1 amide bonds. The van der Waals surface area contributed by atoms with Gasteiger partial charge in [-0.3, -0.25) is 4.79 Å². The first-order chi connectivity index (χ1) is 9.30. The quantitative estimate of drug-likeness (QED) is 0.805. The van der Waals surface area contributed by atoms with E-state index >= 15 is 0 Å². The van der Waals surface area contributed by atoms with Crippen molar-refractivity contribution in [3.8, 4) is 0 Å². The van der Waals surface area contributed by atoms with Crippen LogP contribution in [-0.2, 0) is 6.18 Å². The van der Waals surface area contributed by atoms with Crippen LogP contribution in [0.3, 0.4) is 0 Å². The van der Waals surface area contributed by atoms with Crippen molar-refractivity contribution >= 4 is 18.3 Å². The molecule has 0 aromatic heterocycles. The van der Waals surface area contributed by atoms with Crippen LogP contribution in [0.5, 0.6) is 0 Å². The third kappa shape index (κ3) is 3.85. The number of hydrogen-bond donors (Lipinski definition) is 1. The number of carbonyl (C=O) groups excluding carboxylic acids is 1. The van der Waals surface area contributed by atoms with Crippen LogP contribution in [0.1, 0.15) is 22.8 Å². The summed E-state index contributed by atoms with van der Waals surface area (Å²) in [7, 11) is 0. The molecule has 1 saturated heterocycles. The number of hydrogen-bond acceptors (Lipinski definition) is 2. The number of benzene rings is 1. The van der Waals surface area contributed by atoms with Gasteiger partial charge in [0.15, 0.2) is 0 Å². The molecule has 3 nitrogen and oxygen atoms in total. The predicted octanol–water partition coefficient (Wildman–Crippen LogP) is 2.70. The molecular formula is C13H15ClF4N2O. The Balaban J connectivity index is 0.00000220. The van der Waals surface area contributed by atoms with E-state index in [0.29, 0.717) is 25.7 Å². The van der Waals surface area contributed by atoms with Gasteiger partial charge in [-0.1, -0.05) is 6.07 Å². The van der Waals surface area contributed by atoms with Gasteiger partial charge in [0.2, 0.25) is 0 Å². The average Bonchev–Trinajstić information content (AvgIpc) is 2.37. The van der Waals surface area contributed by atoms with Crippen molar-refractivity contribution < 1.29 is 22.4 Å². The first kappa shape index (κ1) is 17.7. The lowest BCUT2D eigenvalue weighted by molar-refractivity contribution is -0.140. The van der Waals surface area contributed by atoms with Crippen LogP contribution < -0.4 is 5.32 Å². The molecule has 1 heterocycles. The van der Waals surface area contributed by atoms with E-state index in [1.807, 2.05) is 6.92 Å². The van der Waals surface area contributed by atoms with Crippen molar-refractivity contribution in [2.75, 3.05) is 19.6 Å². The summed E-state index contributed by atoms with van der Waals surface area (Å²) in [5.41, 5.74) is -1.94. The fourth-order valence-corrected chi connectivity index (χ4v) is 2.20. The minimum atomic E-state index is -4.81. The maximum atomic E-state index is 13.9. The van der Waals surface area contributed by atoms with E-state index < -0.39 is 29.0 Å². The summed E-state index contributed by atoms with van der Waals surface area (Å²) < 4.78 is 51.8. The molecule has 1 aromatic rings. The van der Waals surface area contributed by atoms with Crippen molar-refractivity contribution in [2.24, 2.45) is 0 Å². The summed E-state index contributed by atoms with van der Waals surface area (Å²) in [6.07, 6.45) is -4.81. The van der Waals surface area contributed by atoms with Crippen molar-refractivity contribution in [2.45, 2.75) is 19.1 Å². The molecule has 1 aromatic carbocycles. The Kier molecular flexibility index (Phi) is 5.58. The molecule has 0 aliphatic carbocycles. The van der Waals surface area contributed by atoms with Crippen LogP contribution >= 0.6 is 12.4 Å². The van der Waals surface area contributed by atoms with Gasteiger partial charge in [-0.2, -0.15) is 13.2 Å². The largest absolute Gasteiger partial charge is 0.419 e. The maximum Gasteiger partial charge on any atom is 0.419 e. The molecule has 1 aliphatic rings. The standard InChI is InChI=1S/C13H14F4N2O.ClH/c1-8-7-19(6-5-18-8)12(20)9-3-2-4-10(11(9)14)13(15,16)17;/h2-4,8,18H,5-7H2,1H3;1H/t8-;/m1./s1. The summed E-state index contributed by atoms with van der Waals surface area (Å²) in [5.74, 6) is -2.21. The summed E-state index contributed by atoms with van der Waals surface area (Å²) in [6.45, 7) is 3.07. The van der Waals surface area contributed by atoms with Gasteiger partial charge in [0, 0.05) is 25.7 Å². The van der Waals surface area contributed by atoms with Crippen LogP contribution in [0.2, 0.25) is 0 Å². The van der Waals surface area contributed by atoms with Crippen LogP contribution in [0, 0.1) is 5.82 Å². The molecule has 1 aliphatic heterocycles. The van der Waals surface area contributed by atoms with E-state index in [9.17, 15) is 22.4 Å². The zero-order chi connectivity index (χ0) is 14.9. The summed E-state index contributed by atoms with van der Waals surface area (Å²) in [4.78, 5) is 13.5. The molecule has 21 heavy (non-hydrogen) atoms. The average molecular weight is 327 g/mol. The van der Waals surface area contributed by atoms with Crippen molar-refractivity contribution in [1.82, 2.24) is 10.2 Å². The van der Waals surface area contributed by atoms with Gasteiger partial charge in [0.1, 0.15) is 5.82 Å². The number of nitrogens with one attached hydrogen (secondary N) is 1. The molecule has 8 heteroatoms. The first-order valence-corrected chi connectivity index (χ1v) is 6.19. The zero-order valence-electron chi connectivity index (χ0n) is 11.2. The maximum absolute atomic E-state index is 13.9.